The molecule has 1 heterocycles. The number of phenols is 1. The van der Waals surface area contributed by atoms with Gasteiger partial charge in [0, 0.05) is 11.3 Å². The van der Waals surface area contributed by atoms with Crippen molar-refractivity contribution in [3.05, 3.63) is 94.6 Å². The van der Waals surface area contributed by atoms with E-state index in [0.717, 1.165) is 5.56 Å². The third kappa shape index (κ3) is 5.04. The topological polar surface area (TPSA) is 113 Å². The standard InChI is InChI=1S/C29H27NO7/c1-4-37-23-13-10-20(14-17(23)2)27(33)25-26(19-6-5-7-22(31)16-19)30(29(35)28(25)34)21-11-8-18(9-12-21)15-24(32)36-3/h5-14,16,26,31,33H,4,15H2,1-3H3/b27-25-. The molecule has 1 amide bonds. The van der Waals surface area contributed by atoms with Crippen LogP contribution < -0.4 is 9.64 Å². The number of nitrogens with zero attached hydrogens (tertiary/aromatic N) is 1. The van der Waals surface area contributed by atoms with E-state index in [1.54, 1.807) is 54.6 Å². The molecule has 0 spiro atoms. The van der Waals surface area contributed by atoms with Crippen LogP contribution in [0.5, 0.6) is 11.5 Å². The number of aliphatic hydroxyl groups excluding tert-OH is 1. The SMILES string of the molecule is CCOc1ccc(/C(O)=C2/C(=O)C(=O)N(c3ccc(CC(=O)OC)cc3)C2c2cccc(O)c2)cc1C. The monoisotopic (exact) mass is 501 g/mol. The highest BCUT2D eigenvalue weighted by Gasteiger charge is 2.47. The molecule has 0 aliphatic carbocycles. The Hall–Kier alpha value is -4.59. The van der Waals surface area contributed by atoms with Gasteiger partial charge in [-0.25, -0.2) is 0 Å². The maximum absolute atomic E-state index is 13.3. The van der Waals surface area contributed by atoms with E-state index in [4.69, 9.17) is 9.47 Å². The number of amides is 1. The average Bonchev–Trinajstić information content (AvgIpc) is 3.15. The Labute approximate surface area is 214 Å². The fourth-order valence-electron chi connectivity index (χ4n) is 4.39. The first kappa shape index (κ1) is 25.5. The summed E-state index contributed by atoms with van der Waals surface area (Å²) >= 11 is 0. The average molecular weight is 502 g/mol. The number of Topliss-reactive ketones (excluding diaryl/α,β-unsaturated/α-hetero) is 1. The summed E-state index contributed by atoms with van der Waals surface area (Å²) in [6.45, 7) is 4.17. The normalized spacial score (nSPS) is 16.6. The van der Waals surface area contributed by atoms with Crippen LogP contribution in [0.15, 0.2) is 72.3 Å². The number of esters is 1. The number of hydrogen-bond donors (Lipinski definition) is 2. The second-order valence-electron chi connectivity index (χ2n) is 8.60. The molecule has 4 rings (SSSR count). The molecule has 0 aromatic heterocycles. The van der Waals surface area contributed by atoms with Crippen molar-refractivity contribution in [1.82, 2.24) is 0 Å². The molecule has 1 aliphatic rings. The number of carbonyl (C=O) groups is 3. The lowest BCUT2D eigenvalue weighted by Gasteiger charge is -2.25. The summed E-state index contributed by atoms with van der Waals surface area (Å²) in [5, 5.41) is 21.5. The summed E-state index contributed by atoms with van der Waals surface area (Å²) in [5.74, 6) is -1.81. The number of aliphatic hydroxyl groups is 1. The van der Waals surface area contributed by atoms with Gasteiger partial charge in [-0.05, 0) is 73.0 Å². The molecule has 1 atom stereocenters. The van der Waals surface area contributed by atoms with E-state index < -0.39 is 23.7 Å². The van der Waals surface area contributed by atoms with Gasteiger partial charge in [-0.3, -0.25) is 19.3 Å². The number of hydrogen-bond acceptors (Lipinski definition) is 7. The fourth-order valence-corrected chi connectivity index (χ4v) is 4.39. The number of benzene rings is 3. The zero-order valence-electron chi connectivity index (χ0n) is 20.7. The highest BCUT2D eigenvalue weighted by Crippen LogP contribution is 2.43. The van der Waals surface area contributed by atoms with Crippen molar-refractivity contribution >= 4 is 29.1 Å². The summed E-state index contributed by atoms with van der Waals surface area (Å²) in [4.78, 5) is 39.5. The Bertz CT molecular complexity index is 1390. The second-order valence-corrected chi connectivity index (χ2v) is 8.60. The predicted molar refractivity (Wildman–Crippen MR) is 137 cm³/mol. The van der Waals surface area contributed by atoms with Crippen LogP contribution in [0.25, 0.3) is 5.76 Å². The molecular formula is C29H27NO7. The lowest BCUT2D eigenvalue weighted by Crippen LogP contribution is -2.29. The summed E-state index contributed by atoms with van der Waals surface area (Å²) in [6, 6.07) is 16.8. The van der Waals surface area contributed by atoms with E-state index in [-0.39, 0.29) is 23.5 Å². The van der Waals surface area contributed by atoms with Crippen molar-refractivity contribution in [2.75, 3.05) is 18.6 Å². The van der Waals surface area contributed by atoms with E-state index >= 15 is 0 Å². The van der Waals surface area contributed by atoms with Crippen LogP contribution >= 0.6 is 0 Å². The lowest BCUT2D eigenvalue weighted by atomic mass is 9.94. The van der Waals surface area contributed by atoms with Crippen LogP contribution in [0.4, 0.5) is 5.69 Å². The molecule has 8 heteroatoms. The number of methoxy groups -OCH3 is 1. The van der Waals surface area contributed by atoms with Gasteiger partial charge in [-0.2, -0.15) is 0 Å². The van der Waals surface area contributed by atoms with Gasteiger partial charge in [0.25, 0.3) is 11.7 Å². The smallest absolute Gasteiger partial charge is 0.309 e. The summed E-state index contributed by atoms with van der Waals surface area (Å²) in [6.07, 6.45) is 0.0582. The quantitative estimate of drug-likeness (QED) is 0.213. The number of ketones is 1. The molecule has 37 heavy (non-hydrogen) atoms. The van der Waals surface area contributed by atoms with Gasteiger partial charge in [-0.1, -0.05) is 24.3 Å². The predicted octanol–water partition coefficient (Wildman–Crippen LogP) is 4.44. The first-order chi connectivity index (χ1) is 17.7. The van der Waals surface area contributed by atoms with E-state index in [1.165, 1.54) is 24.1 Å². The maximum atomic E-state index is 13.3. The minimum absolute atomic E-state index is 0.0478. The Balaban J connectivity index is 1.84. The van der Waals surface area contributed by atoms with Crippen LogP contribution in [-0.2, 0) is 25.5 Å². The Morgan fingerprint density at radius 1 is 1.03 bits per heavy atom. The molecule has 3 aromatic rings. The van der Waals surface area contributed by atoms with Crippen LogP contribution in [0.2, 0.25) is 0 Å². The van der Waals surface area contributed by atoms with Crippen molar-refractivity contribution < 1.29 is 34.1 Å². The summed E-state index contributed by atoms with van der Waals surface area (Å²) in [7, 11) is 1.30. The molecule has 1 aliphatic heterocycles. The highest BCUT2D eigenvalue weighted by molar-refractivity contribution is 6.51. The molecule has 0 bridgehead atoms. The van der Waals surface area contributed by atoms with Gasteiger partial charge in [0.2, 0.25) is 0 Å². The van der Waals surface area contributed by atoms with E-state index in [2.05, 4.69) is 0 Å². The first-order valence-electron chi connectivity index (χ1n) is 11.7. The Kier molecular flexibility index (Phi) is 7.29. The minimum atomic E-state index is -0.995. The molecule has 1 unspecified atom stereocenters. The lowest BCUT2D eigenvalue weighted by molar-refractivity contribution is -0.139. The number of rotatable bonds is 7. The van der Waals surface area contributed by atoms with Crippen LogP contribution in [-0.4, -0.2) is 41.6 Å². The fraction of sp³-hybridized carbons (Fsp3) is 0.207. The van der Waals surface area contributed by atoms with Gasteiger partial charge in [0.15, 0.2) is 0 Å². The molecule has 0 saturated carbocycles. The Morgan fingerprint density at radius 3 is 2.38 bits per heavy atom. The maximum Gasteiger partial charge on any atom is 0.309 e. The minimum Gasteiger partial charge on any atom is -0.508 e. The number of anilines is 1. The highest BCUT2D eigenvalue weighted by atomic mass is 16.5. The largest absolute Gasteiger partial charge is 0.508 e. The molecule has 8 nitrogen and oxygen atoms in total. The molecule has 0 radical (unpaired) electrons. The number of aryl methyl sites for hydroxylation is 1. The number of phenolic OH excluding ortho intramolecular Hbond substituents is 1. The zero-order chi connectivity index (χ0) is 26.7. The van der Waals surface area contributed by atoms with Gasteiger partial charge in [0.1, 0.15) is 17.3 Å². The first-order valence-corrected chi connectivity index (χ1v) is 11.7. The number of aromatic hydroxyl groups is 1. The molecule has 190 valence electrons. The van der Waals surface area contributed by atoms with Gasteiger partial charge >= 0.3 is 5.97 Å². The summed E-state index contributed by atoms with van der Waals surface area (Å²) < 4.78 is 10.3. The second kappa shape index (κ2) is 10.6. The van der Waals surface area contributed by atoms with E-state index in [1.807, 2.05) is 13.8 Å². The van der Waals surface area contributed by atoms with E-state index in [9.17, 15) is 24.6 Å². The molecule has 1 saturated heterocycles. The number of carbonyl (C=O) groups excluding carboxylic acids is 3. The van der Waals surface area contributed by atoms with Crippen molar-refractivity contribution in [1.29, 1.82) is 0 Å². The zero-order valence-corrected chi connectivity index (χ0v) is 20.7. The van der Waals surface area contributed by atoms with Gasteiger partial charge in [-0.15, -0.1) is 0 Å². The van der Waals surface area contributed by atoms with Gasteiger partial charge in [0.05, 0.1) is 31.8 Å². The van der Waals surface area contributed by atoms with E-state index in [0.29, 0.717) is 34.7 Å². The summed E-state index contributed by atoms with van der Waals surface area (Å²) in [5.41, 5.74) is 2.53. The van der Waals surface area contributed by atoms with Crippen LogP contribution in [0.3, 0.4) is 0 Å². The number of ether oxygens (including phenoxy) is 2. The van der Waals surface area contributed by atoms with Crippen LogP contribution in [0, 0.1) is 6.92 Å². The third-order valence-electron chi connectivity index (χ3n) is 6.17. The molecular weight excluding hydrogens is 474 g/mol. The Morgan fingerprint density at radius 2 is 1.76 bits per heavy atom. The van der Waals surface area contributed by atoms with Gasteiger partial charge < -0.3 is 19.7 Å². The van der Waals surface area contributed by atoms with Crippen molar-refractivity contribution in [3.63, 3.8) is 0 Å². The molecule has 2 N–H and O–H groups in total. The van der Waals surface area contributed by atoms with Crippen molar-refractivity contribution in [2.24, 2.45) is 0 Å². The third-order valence-corrected chi connectivity index (χ3v) is 6.17. The van der Waals surface area contributed by atoms with Crippen molar-refractivity contribution in [2.45, 2.75) is 26.3 Å². The van der Waals surface area contributed by atoms with Crippen molar-refractivity contribution in [3.8, 4) is 11.5 Å². The molecule has 1 fully saturated rings. The van der Waals surface area contributed by atoms with Crippen LogP contribution in [0.1, 0.15) is 35.2 Å². The molecule has 3 aromatic carbocycles.